The van der Waals surface area contributed by atoms with Crippen molar-refractivity contribution in [3.8, 4) is 0 Å². The van der Waals surface area contributed by atoms with Crippen LogP contribution in [0, 0.1) is 6.92 Å². The molecule has 0 bridgehead atoms. The first kappa shape index (κ1) is 12.9. The third-order valence-corrected chi connectivity index (χ3v) is 4.02. The standard InChI is InChI=1S/C17H17N5/c1-11-16-15(22-21-11)7-9-19-17(16)18-8-6-12-10-20-14-5-3-2-4-13(12)14/h2-5,7,9-10,20H,6,8H2,1H3,(H,18,19)(H,21,22). The van der Waals surface area contributed by atoms with E-state index in [9.17, 15) is 0 Å². The van der Waals surface area contributed by atoms with E-state index < -0.39 is 0 Å². The van der Waals surface area contributed by atoms with E-state index in [0.717, 1.165) is 35.4 Å². The molecule has 0 amide bonds. The molecule has 5 heteroatoms. The van der Waals surface area contributed by atoms with Crippen LogP contribution in [0.3, 0.4) is 0 Å². The van der Waals surface area contributed by atoms with Crippen LogP contribution in [-0.4, -0.2) is 26.7 Å². The second-order valence-electron chi connectivity index (χ2n) is 5.43. The summed E-state index contributed by atoms with van der Waals surface area (Å²) in [6.45, 7) is 2.82. The zero-order valence-corrected chi connectivity index (χ0v) is 12.4. The van der Waals surface area contributed by atoms with Crippen molar-refractivity contribution in [3.63, 3.8) is 0 Å². The van der Waals surface area contributed by atoms with Crippen molar-refractivity contribution in [1.82, 2.24) is 20.2 Å². The molecule has 22 heavy (non-hydrogen) atoms. The Morgan fingerprint density at radius 2 is 2.05 bits per heavy atom. The molecule has 0 aliphatic heterocycles. The third kappa shape index (κ3) is 2.11. The number of rotatable bonds is 4. The third-order valence-electron chi connectivity index (χ3n) is 4.02. The van der Waals surface area contributed by atoms with Crippen molar-refractivity contribution in [3.05, 3.63) is 54.0 Å². The average molecular weight is 291 g/mol. The molecule has 0 unspecified atom stereocenters. The Kier molecular flexibility index (Phi) is 3.04. The maximum absolute atomic E-state index is 4.44. The second-order valence-corrected chi connectivity index (χ2v) is 5.43. The Labute approximate surface area is 127 Å². The number of aryl methyl sites for hydroxylation is 1. The fraction of sp³-hybridized carbons (Fsp3) is 0.176. The first-order valence-electron chi connectivity index (χ1n) is 7.41. The molecule has 5 nitrogen and oxygen atoms in total. The van der Waals surface area contributed by atoms with Gasteiger partial charge >= 0.3 is 0 Å². The van der Waals surface area contributed by atoms with E-state index in [2.05, 4.69) is 49.9 Å². The fourth-order valence-corrected chi connectivity index (χ4v) is 2.91. The van der Waals surface area contributed by atoms with E-state index >= 15 is 0 Å². The molecule has 3 heterocycles. The van der Waals surface area contributed by atoms with Gasteiger partial charge in [0, 0.05) is 29.8 Å². The second kappa shape index (κ2) is 5.18. The van der Waals surface area contributed by atoms with Gasteiger partial charge in [0.05, 0.1) is 16.6 Å². The van der Waals surface area contributed by atoms with Crippen LogP contribution in [0.25, 0.3) is 21.8 Å². The lowest BCUT2D eigenvalue weighted by Gasteiger charge is -2.06. The molecule has 0 radical (unpaired) electrons. The summed E-state index contributed by atoms with van der Waals surface area (Å²) in [5.41, 5.74) is 4.49. The molecule has 4 rings (SSSR count). The molecule has 0 fully saturated rings. The zero-order chi connectivity index (χ0) is 14.9. The Hall–Kier alpha value is -2.82. The molecule has 0 atom stereocenters. The number of hydrogen-bond acceptors (Lipinski definition) is 3. The Bertz CT molecular complexity index is 934. The Morgan fingerprint density at radius 1 is 1.14 bits per heavy atom. The van der Waals surface area contributed by atoms with Crippen LogP contribution in [0.2, 0.25) is 0 Å². The van der Waals surface area contributed by atoms with Gasteiger partial charge in [-0.2, -0.15) is 5.10 Å². The summed E-state index contributed by atoms with van der Waals surface area (Å²) in [6.07, 6.45) is 4.83. The number of nitrogens with zero attached hydrogens (tertiary/aromatic N) is 2. The molecular weight excluding hydrogens is 274 g/mol. The van der Waals surface area contributed by atoms with E-state index in [0.29, 0.717) is 0 Å². The van der Waals surface area contributed by atoms with E-state index in [1.54, 1.807) is 6.20 Å². The highest BCUT2D eigenvalue weighted by Gasteiger charge is 2.08. The van der Waals surface area contributed by atoms with Gasteiger partial charge in [-0.1, -0.05) is 18.2 Å². The number of pyridine rings is 1. The highest BCUT2D eigenvalue weighted by atomic mass is 15.1. The van der Waals surface area contributed by atoms with Crippen LogP contribution in [0.4, 0.5) is 5.82 Å². The molecule has 0 saturated heterocycles. The number of hydrogen-bond donors (Lipinski definition) is 3. The van der Waals surface area contributed by atoms with Crippen molar-refractivity contribution < 1.29 is 0 Å². The molecule has 0 aliphatic rings. The lowest BCUT2D eigenvalue weighted by atomic mass is 10.1. The summed E-state index contributed by atoms with van der Waals surface area (Å²) in [4.78, 5) is 7.76. The van der Waals surface area contributed by atoms with Gasteiger partial charge in [-0.05, 0) is 31.0 Å². The van der Waals surface area contributed by atoms with Crippen LogP contribution in [0.15, 0.2) is 42.7 Å². The van der Waals surface area contributed by atoms with Crippen LogP contribution in [0.1, 0.15) is 11.3 Å². The summed E-state index contributed by atoms with van der Waals surface area (Å²) >= 11 is 0. The average Bonchev–Trinajstić information content (AvgIpc) is 3.13. The van der Waals surface area contributed by atoms with Crippen molar-refractivity contribution in [2.75, 3.05) is 11.9 Å². The first-order chi connectivity index (χ1) is 10.8. The van der Waals surface area contributed by atoms with Crippen molar-refractivity contribution in [2.45, 2.75) is 13.3 Å². The highest BCUT2D eigenvalue weighted by Crippen LogP contribution is 2.23. The van der Waals surface area contributed by atoms with E-state index in [1.165, 1.54) is 16.5 Å². The summed E-state index contributed by atoms with van der Waals surface area (Å²) in [6, 6.07) is 10.3. The van der Waals surface area contributed by atoms with Crippen LogP contribution in [-0.2, 0) is 6.42 Å². The maximum atomic E-state index is 4.44. The summed E-state index contributed by atoms with van der Waals surface area (Å²) < 4.78 is 0. The monoisotopic (exact) mass is 291 g/mol. The number of para-hydroxylation sites is 1. The van der Waals surface area contributed by atoms with Gasteiger partial charge < -0.3 is 10.3 Å². The van der Waals surface area contributed by atoms with Gasteiger partial charge in [-0.15, -0.1) is 0 Å². The van der Waals surface area contributed by atoms with Crippen LogP contribution in [0.5, 0.6) is 0 Å². The van der Waals surface area contributed by atoms with Crippen molar-refractivity contribution in [1.29, 1.82) is 0 Å². The SMILES string of the molecule is Cc1n[nH]c2ccnc(NCCc3c[nH]c4ccccc34)c12. The number of aromatic nitrogens is 4. The molecular formula is C17H17N5. The largest absolute Gasteiger partial charge is 0.369 e. The Morgan fingerprint density at radius 3 is 3.00 bits per heavy atom. The van der Waals surface area contributed by atoms with Gasteiger partial charge in [-0.3, -0.25) is 5.10 Å². The van der Waals surface area contributed by atoms with E-state index in [4.69, 9.17) is 0 Å². The Balaban J connectivity index is 1.54. The fourth-order valence-electron chi connectivity index (χ4n) is 2.91. The molecule has 3 N–H and O–H groups in total. The minimum Gasteiger partial charge on any atom is -0.369 e. The van der Waals surface area contributed by atoms with Gasteiger partial charge in [-0.25, -0.2) is 4.98 Å². The number of nitrogens with one attached hydrogen (secondary N) is 3. The molecule has 110 valence electrons. The zero-order valence-electron chi connectivity index (χ0n) is 12.4. The minimum absolute atomic E-state index is 0.832. The number of benzene rings is 1. The first-order valence-corrected chi connectivity index (χ1v) is 7.41. The topological polar surface area (TPSA) is 69.4 Å². The van der Waals surface area contributed by atoms with Gasteiger partial charge in [0.2, 0.25) is 0 Å². The smallest absolute Gasteiger partial charge is 0.137 e. The molecule has 3 aromatic heterocycles. The van der Waals surface area contributed by atoms with Crippen LogP contribution >= 0.6 is 0 Å². The molecule has 1 aromatic carbocycles. The normalized spacial score (nSPS) is 11.3. The van der Waals surface area contributed by atoms with Crippen molar-refractivity contribution in [2.24, 2.45) is 0 Å². The lowest BCUT2D eigenvalue weighted by Crippen LogP contribution is -2.06. The number of anilines is 1. The van der Waals surface area contributed by atoms with Crippen LogP contribution < -0.4 is 5.32 Å². The minimum atomic E-state index is 0.832. The summed E-state index contributed by atoms with van der Waals surface area (Å²) in [5, 5.41) is 13.1. The van der Waals surface area contributed by atoms with E-state index in [-0.39, 0.29) is 0 Å². The molecule has 0 aliphatic carbocycles. The van der Waals surface area contributed by atoms with Gasteiger partial charge in [0.15, 0.2) is 0 Å². The molecule has 0 saturated carbocycles. The summed E-state index contributed by atoms with van der Waals surface area (Å²) in [5.74, 6) is 0.892. The lowest BCUT2D eigenvalue weighted by molar-refractivity contribution is 1.02. The summed E-state index contributed by atoms with van der Waals surface area (Å²) in [7, 11) is 0. The number of aromatic amines is 2. The maximum Gasteiger partial charge on any atom is 0.137 e. The van der Waals surface area contributed by atoms with Crippen molar-refractivity contribution >= 4 is 27.6 Å². The highest BCUT2D eigenvalue weighted by molar-refractivity contribution is 5.91. The quantitative estimate of drug-likeness (QED) is 0.539. The van der Waals surface area contributed by atoms with Gasteiger partial charge in [0.1, 0.15) is 5.82 Å². The van der Waals surface area contributed by atoms with Gasteiger partial charge in [0.25, 0.3) is 0 Å². The molecule has 0 spiro atoms. The van der Waals surface area contributed by atoms with E-state index in [1.807, 2.05) is 19.1 Å². The number of fused-ring (bicyclic) bond motifs is 2. The predicted molar refractivity (Wildman–Crippen MR) is 89.1 cm³/mol. The number of H-pyrrole nitrogens is 2. The predicted octanol–water partition coefficient (Wildman–Crippen LogP) is 3.40. The molecule has 4 aromatic rings.